The molecule has 2 heterocycles. The van der Waals surface area contributed by atoms with Crippen molar-refractivity contribution in [1.29, 1.82) is 0 Å². The van der Waals surface area contributed by atoms with E-state index in [0.29, 0.717) is 51.1 Å². The van der Waals surface area contributed by atoms with Crippen LogP contribution < -0.4 is 15.5 Å². The van der Waals surface area contributed by atoms with Crippen LogP contribution in [0, 0.1) is 11.6 Å². The molecule has 0 saturated carbocycles. The Labute approximate surface area is 174 Å². The highest BCUT2D eigenvalue weighted by Crippen LogP contribution is 2.11. The lowest BCUT2D eigenvalue weighted by atomic mass is 10.2. The zero-order chi connectivity index (χ0) is 21.3. The van der Waals surface area contributed by atoms with Gasteiger partial charge in [-0.15, -0.1) is 0 Å². The number of hydrogen-bond donors (Lipinski definition) is 2. The first-order valence-corrected chi connectivity index (χ1v) is 9.75. The maximum atomic E-state index is 13.7. The number of benzene rings is 1. The maximum absolute atomic E-state index is 13.7. The van der Waals surface area contributed by atoms with Gasteiger partial charge in [0.2, 0.25) is 11.9 Å². The highest BCUT2D eigenvalue weighted by atomic mass is 19.1. The molecule has 0 atom stereocenters. The fourth-order valence-corrected chi connectivity index (χ4v) is 3.13. The number of aliphatic imine (C=N–C) groups is 1. The van der Waals surface area contributed by atoms with Crippen LogP contribution in [0.3, 0.4) is 0 Å². The van der Waals surface area contributed by atoms with E-state index in [-0.39, 0.29) is 18.0 Å². The van der Waals surface area contributed by atoms with Crippen molar-refractivity contribution in [1.82, 2.24) is 25.5 Å². The molecule has 0 spiro atoms. The van der Waals surface area contributed by atoms with Crippen LogP contribution in [0.5, 0.6) is 0 Å². The molecule has 0 radical (unpaired) electrons. The van der Waals surface area contributed by atoms with Gasteiger partial charge in [0.1, 0.15) is 11.6 Å². The second-order valence-electron chi connectivity index (χ2n) is 6.75. The quantitative estimate of drug-likeness (QED) is 0.542. The Hall–Kier alpha value is -3.30. The van der Waals surface area contributed by atoms with Crippen LogP contribution in [-0.4, -0.2) is 66.5 Å². The Morgan fingerprint density at radius 3 is 2.57 bits per heavy atom. The van der Waals surface area contributed by atoms with Crippen molar-refractivity contribution in [2.24, 2.45) is 4.99 Å². The van der Waals surface area contributed by atoms with Crippen LogP contribution in [0.25, 0.3) is 0 Å². The van der Waals surface area contributed by atoms with E-state index in [2.05, 4.69) is 30.5 Å². The minimum Gasteiger partial charge on any atom is -0.356 e. The lowest BCUT2D eigenvalue weighted by Crippen LogP contribution is -2.50. The minimum absolute atomic E-state index is 0.0442. The summed E-state index contributed by atoms with van der Waals surface area (Å²) in [6.07, 6.45) is 3.71. The Morgan fingerprint density at radius 2 is 1.87 bits per heavy atom. The summed E-state index contributed by atoms with van der Waals surface area (Å²) in [7, 11) is 1.57. The number of guanidine groups is 1. The first-order valence-electron chi connectivity index (χ1n) is 9.75. The fourth-order valence-electron chi connectivity index (χ4n) is 3.13. The van der Waals surface area contributed by atoms with Gasteiger partial charge in [0.25, 0.3) is 0 Å². The van der Waals surface area contributed by atoms with Gasteiger partial charge in [-0.2, -0.15) is 0 Å². The molecule has 1 aromatic heterocycles. The standard InChI is InChI=1S/C20H25F2N7O/c1-23-19(27-14-15-13-16(21)3-4-17(15)22)24-8-5-18(30)28-9-11-29(12-10-28)20-25-6-2-7-26-20/h2-4,6-7,13H,5,8-12,14H2,1H3,(H2,23,24,27). The second kappa shape index (κ2) is 10.5. The molecule has 2 N–H and O–H groups in total. The molecule has 160 valence electrons. The topological polar surface area (TPSA) is 85.8 Å². The van der Waals surface area contributed by atoms with E-state index in [9.17, 15) is 13.6 Å². The van der Waals surface area contributed by atoms with Crippen LogP contribution >= 0.6 is 0 Å². The zero-order valence-electron chi connectivity index (χ0n) is 16.8. The lowest BCUT2D eigenvalue weighted by molar-refractivity contribution is -0.131. The molecule has 1 saturated heterocycles. The van der Waals surface area contributed by atoms with Gasteiger partial charge in [0.15, 0.2) is 5.96 Å². The van der Waals surface area contributed by atoms with Crippen LogP contribution in [0.1, 0.15) is 12.0 Å². The van der Waals surface area contributed by atoms with Gasteiger partial charge in [-0.05, 0) is 24.3 Å². The molecule has 1 aromatic carbocycles. The Morgan fingerprint density at radius 1 is 1.13 bits per heavy atom. The molecule has 0 bridgehead atoms. The summed E-state index contributed by atoms with van der Waals surface area (Å²) in [6, 6.07) is 5.07. The number of anilines is 1. The zero-order valence-corrected chi connectivity index (χ0v) is 16.8. The van der Waals surface area contributed by atoms with E-state index in [4.69, 9.17) is 0 Å². The van der Waals surface area contributed by atoms with E-state index < -0.39 is 11.6 Å². The fraction of sp³-hybridized carbons (Fsp3) is 0.400. The van der Waals surface area contributed by atoms with Crippen molar-refractivity contribution in [2.75, 3.05) is 44.7 Å². The van der Waals surface area contributed by atoms with Gasteiger partial charge in [0.05, 0.1) is 0 Å². The van der Waals surface area contributed by atoms with E-state index in [1.807, 2.05) is 4.90 Å². The number of carbonyl (C=O) groups is 1. The number of halogens is 2. The molecular formula is C20H25F2N7O. The number of rotatable bonds is 6. The number of piperazine rings is 1. The van der Waals surface area contributed by atoms with Crippen LogP contribution in [0.2, 0.25) is 0 Å². The molecule has 0 aliphatic carbocycles. The number of amides is 1. The molecule has 1 aliphatic rings. The summed E-state index contributed by atoms with van der Waals surface area (Å²) in [5.41, 5.74) is 0.203. The van der Waals surface area contributed by atoms with Gasteiger partial charge in [0, 0.05) is 70.7 Å². The van der Waals surface area contributed by atoms with Crippen molar-refractivity contribution >= 4 is 17.8 Å². The van der Waals surface area contributed by atoms with Gasteiger partial charge in [-0.1, -0.05) is 0 Å². The first-order chi connectivity index (χ1) is 14.6. The number of hydrogen-bond acceptors (Lipinski definition) is 5. The molecule has 2 aromatic rings. The van der Waals surface area contributed by atoms with Crippen molar-refractivity contribution in [3.63, 3.8) is 0 Å². The van der Waals surface area contributed by atoms with Gasteiger partial charge >= 0.3 is 0 Å². The monoisotopic (exact) mass is 417 g/mol. The van der Waals surface area contributed by atoms with Crippen LogP contribution in [0.4, 0.5) is 14.7 Å². The van der Waals surface area contributed by atoms with Gasteiger partial charge in [-0.3, -0.25) is 9.79 Å². The van der Waals surface area contributed by atoms with Crippen molar-refractivity contribution in [2.45, 2.75) is 13.0 Å². The first kappa shape index (κ1) is 21.4. The molecule has 30 heavy (non-hydrogen) atoms. The molecule has 1 aliphatic heterocycles. The number of aromatic nitrogens is 2. The third-order valence-corrected chi connectivity index (χ3v) is 4.78. The summed E-state index contributed by atoms with van der Waals surface area (Å²) >= 11 is 0. The SMILES string of the molecule is CN=C(NCCC(=O)N1CCN(c2ncccn2)CC1)NCc1cc(F)ccc1F. The van der Waals surface area contributed by atoms with E-state index >= 15 is 0 Å². The van der Waals surface area contributed by atoms with Crippen molar-refractivity contribution < 1.29 is 13.6 Å². The molecule has 1 amide bonds. The molecule has 3 rings (SSSR count). The summed E-state index contributed by atoms with van der Waals surface area (Å²) < 4.78 is 26.9. The van der Waals surface area contributed by atoms with Gasteiger partial charge < -0.3 is 20.4 Å². The van der Waals surface area contributed by atoms with Crippen molar-refractivity contribution in [3.8, 4) is 0 Å². The predicted octanol–water partition coefficient (Wildman–Crippen LogP) is 1.16. The molecule has 0 unspecified atom stereocenters. The number of carbonyl (C=O) groups excluding carboxylic acids is 1. The summed E-state index contributed by atoms with van der Waals surface area (Å²) in [6.45, 7) is 3.07. The minimum atomic E-state index is -0.499. The largest absolute Gasteiger partial charge is 0.356 e. The average molecular weight is 417 g/mol. The smallest absolute Gasteiger partial charge is 0.225 e. The third kappa shape index (κ3) is 5.85. The molecule has 10 heteroatoms. The number of nitrogens with zero attached hydrogens (tertiary/aromatic N) is 5. The lowest BCUT2D eigenvalue weighted by Gasteiger charge is -2.34. The average Bonchev–Trinajstić information content (AvgIpc) is 2.78. The van der Waals surface area contributed by atoms with E-state index in [1.54, 1.807) is 25.5 Å². The summed E-state index contributed by atoms with van der Waals surface area (Å²) in [5, 5.41) is 5.94. The molecule has 8 nitrogen and oxygen atoms in total. The Bertz CT molecular complexity index is 871. The van der Waals surface area contributed by atoms with Crippen LogP contribution in [-0.2, 0) is 11.3 Å². The second-order valence-corrected chi connectivity index (χ2v) is 6.75. The Kier molecular flexibility index (Phi) is 7.47. The predicted molar refractivity (Wildman–Crippen MR) is 110 cm³/mol. The molecule has 1 fully saturated rings. The number of nitrogens with one attached hydrogen (secondary N) is 2. The normalized spacial score (nSPS) is 14.6. The van der Waals surface area contributed by atoms with Gasteiger partial charge in [-0.25, -0.2) is 18.7 Å². The highest BCUT2D eigenvalue weighted by Gasteiger charge is 2.22. The van der Waals surface area contributed by atoms with Crippen molar-refractivity contribution in [3.05, 3.63) is 53.9 Å². The summed E-state index contributed by atoms with van der Waals surface area (Å²) in [5.74, 6) is 0.145. The van der Waals surface area contributed by atoms with Crippen LogP contribution in [0.15, 0.2) is 41.7 Å². The molecular weight excluding hydrogens is 392 g/mol. The summed E-state index contributed by atoms with van der Waals surface area (Å²) in [4.78, 5) is 28.8. The highest BCUT2D eigenvalue weighted by molar-refractivity contribution is 5.81. The Balaban J connectivity index is 1.39. The maximum Gasteiger partial charge on any atom is 0.225 e. The third-order valence-electron chi connectivity index (χ3n) is 4.78. The van der Waals surface area contributed by atoms with E-state index in [0.717, 1.165) is 18.2 Å². The van der Waals surface area contributed by atoms with E-state index in [1.165, 1.54) is 0 Å².